The maximum absolute atomic E-state index is 11.6. The first-order valence-corrected chi connectivity index (χ1v) is 8.59. The second-order valence-electron chi connectivity index (χ2n) is 6.82. The van der Waals surface area contributed by atoms with Crippen LogP contribution in [0.5, 0.6) is 0 Å². The predicted octanol–water partition coefficient (Wildman–Crippen LogP) is 1.78. The molecule has 1 saturated heterocycles. The number of carbonyl (C=O) groups excluding carboxylic acids is 1. The van der Waals surface area contributed by atoms with Crippen molar-refractivity contribution >= 4 is 29.4 Å². The topological polar surface area (TPSA) is 119 Å². The van der Waals surface area contributed by atoms with Gasteiger partial charge in [0.15, 0.2) is 0 Å². The van der Waals surface area contributed by atoms with Crippen molar-refractivity contribution in [2.24, 2.45) is 0 Å². The smallest absolute Gasteiger partial charge is 0.414 e. The number of benzene rings is 1. The first-order chi connectivity index (χ1) is 12.6. The minimum atomic E-state index is -1.82. The molecule has 9 heteroatoms. The Morgan fingerprint density at radius 2 is 1.89 bits per heavy atom. The molecule has 9 nitrogen and oxygen atoms in total. The Morgan fingerprint density at radius 1 is 1.26 bits per heavy atom. The Hall–Kier alpha value is -2.81. The molecule has 0 saturated carbocycles. The van der Waals surface area contributed by atoms with E-state index in [2.05, 4.69) is 48.3 Å². The van der Waals surface area contributed by atoms with E-state index < -0.39 is 18.0 Å². The molecule has 1 aromatic rings. The van der Waals surface area contributed by atoms with Crippen LogP contribution in [0, 0.1) is 0 Å². The summed E-state index contributed by atoms with van der Waals surface area (Å²) in [5.74, 6) is -3.65. The van der Waals surface area contributed by atoms with E-state index in [0.717, 1.165) is 18.7 Å². The van der Waals surface area contributed by atoms with E-state index in [9.17, 15) is 4.79 Å². The molecule has 3 N–H and O–H groups in total. The molecule has 2 aliphatic rings. The lowest BCUT2D eigenvalue weighted by atomic mass is 9.81. The summed E-state index contributed by atoms with van der Waals surface area (Å²) in [5.41, 5.74) is 3.49. The Morgan fingerprint density at radius 3 is 2.44 bits per heavy atom. The quantitative estimate of drug-likeness (QED) is 0.665. The summed E-state index contributed by atoms with van der Waals surface area (Å²) in [5, 5.41) is 17.6. The van der Waals surface area contributed by atoms with Crippen LogP contribution in [0.15, 0.2) is 18.2 Å². The summed E-state index contributed by atoms with van der Waals surface area (Å²) in [6.07, 6.45) is 1.13. The maximum Gasteiger partial charge on any atom is 0.414 e. The molecule has 0 radical (unpaired) electrons. The molecule has 2 unspecified atom stereocenters. The van der Waals surface area contributed by atoms with Crippen LogP contribution in [0.3, 0.4) is 0 Å². The summed E-state index contributed by atoms with van der Waals surface area (Å²) in [6, 6.07) is 6.13. The standard InChI is InChI=1S/C16H23N3O2.C2H2O4/c1-5-21-15(20)17-11-6-7-13-12(10-11)16(2)8-9-18(3)14(16)19(13)4;3-1(4)2(5)6/h6-7,10,14H,5,8-9H2,1-4H3,(H,17,20);(H,3,4)(H,5,6). The van der Waals surface area contributed by atoms with Crippen molar-refractivity contribution in [2.45, 2.75) is 31.8 Å². The molecule has 148 valence electrons. The second-order valence-corrected chi connectivity index (χ2v) is 6.82. The van der Waals surface area contributed by atoms with E-state index in [1.54, 1.807) is 6.92 Å². The molecule has 0 aliphatic carbocycles. The predicted molar refractivity (Wildman–Crippen MR) is 99.1 cm³/mol. The molecule has 27 heavy (non-hydrogen) atoms. The van der Waals surface area contributed by atoms with Gasteiger partial charge in [-0.25, -0.2) is 14.4 Å². The van der Waals surface area contributed by atoms with Gasteiger partial charge in [-0.05, 0) is 44.2 Å². The molecular weight excluding hydrogens is 354 g/mol. The van der Waals surface area contributed by atoms with E-state index in [4.69, 9.17) is 24.5 Å². The number of aliphatic carboxylic acids is 2. The number of nitrogens with one attached hydrogen (secondary N) is 1. The van der Waals surface area contributed by atoms with Crippen LogP contribution >= 0.6 is 0 Å². The van der Waals surface area contributed by atoms with Crippen molar-refractivity contribution in [3.05, 3.63) is 23.8 Å². The summed E-state index contributed by atoms with van der Waals surface area (Å²) in [4.78, 5) is 34.5. The van der Waals surface area contributed by atoms with E-state index in [1.807, 2.05) is 6.07 Å². The normalized spacial score (nSPS) is 23.0. The zero-order chi connectivity index (χ0) is 20.4. The van der Waals surface area contributed by atoms with Gasteiger partial charge in [-0.15, -0.1) is 0 Å². The Labute approximate surface area is 157 Å². The maximum atomic E-state index is 11.6. The minimum absolute atomic E-state index is 0.116. The van der Waals surface area contributed by atoms with Crippen LogP contribution in [0.4, 0.5) is 16.2 Å². The van der Waals surface area contributed by atoms with E-state index in [1.165, 1.54) is 11.3 Å². The summed E-state index contributed by atoms with van der Waals surface area (Å²) in [6.45, 7) is 5.60. The molecule has 0 bridgehead atoms. The number of likely N-dealkylation sites (tertiary alicyclic amines) is 1. The number of carboxylic acid groups (broad SMARTS) is 2. The van der Waals surface area contributed by atoms with Gasteiger partial charge in [0.1, 0.15) is 0 Å². The largest absolute Gasteiger partial charge is 0.473 e. The third kappa shape index (κ3) is 3.97. The van der Waals surface area contributed by atoms with E-state index >= 15 is 0 Å². The zero-order valence-electron chi connectivity index (χ0n) is 15.9. The highest BCUT2D eigenvalue weighted by Crippen LogP contribution is 2.51. The number of carboxylic acids is 2. The molecule has 1 aromatic carbocycles. The van der Waals surface area contributed by atoms with Gasteiger partial charge in [0.05, 0.1) is 12.8 Å². The molecule has 3 rings (SSSR count). The Balaban J connectivity index is 0.000000380. The van der Waals surface area contributed by atoms with E-state index in [-0.39, 0.29) is 5.41 Å². The first kappa shape index (κ1) is 20.5. The Bertz CT molecular complexity index is 741. The number of nitrogens with zero attached hydrogens (tertiary/aromatic N) is 2. The number of ether oxygens (including phenoxy) is 1. The number of amides is 1. The number of likely N-dealkylation sites (N-methyl/N-ethyl adjacent to an activating group) is 2. The van der Waals surface area contributed by atoms with Gasteiger partial charge in [0.2, 0.25) is 0 Å². The van der Waals surface area contributed by atoms with Crippen LogP contribution < -0.4 is 10.2 Å². The lowest BCUT2D eigenvalue weighted by molar-refractivity contribution is -0.159. The number of fused-ring (bicyclic) bond motifs is 3. The molecule has 2 heterocycles. The summed E-state index contributed by atoms with van der Waals surface area (Å²) < 4.78 is 4.95. The molecule has 0 spiro atoms. The van der Waals surface area contributed by atoms with Gasteiger partial charge < -0.3 is 19.8 Å². The average molecular weight is 379 g/mol. The van der Waals surface area contributed by atoms with Gasteiger partial charge in [0, 0.05) is 30.4 Å². The third-order valence-corrected chi connectivity index (χ3v) is 5.03. The lowest BCUT2D eigenvalue weighted by Gasteiger charge is -2.32. The van der Waals surface area contributed by atoms with Crippen molar-refractivity contribution in [2.75, 3.05) is 37.5 Å². The number of hydrogen-bond donors (Lipinski definition) is 3. The Kier molecular flexibility index (Phi) is 5.94. The number of carbonyl (C=O) groups is 3. The molecule has 2 atom stereocenters. The van der Waals surface area contributed by atoms with Gasteiger partial charge in [-0.3, -0.25) is 10.2 Å². The molecular formula is C18H25N3O6. The SMILES string of the molecule is CCOC(=O)Nc1ccc2c(c1)C1(C)CCN(C)C1N2C.O=C(O)C(=O)O. The van der Waals surface area contributed by atoms with Crippen molar-refractivity contribution in [1.29, 1.82) is 0 Å². The van der Waals surface area contributed by atoms with E-state index in [0.29, 0.717) is 12.8 Å². The minimum Gasteiger partial charge on any atom is -0.473 e. The van der Waals surface area contributed by atoms with Gasteiger partial charge >= 0.3 is 18.0 Å². The summed E-state index contributed by atoms with van der Waals surface area (Å²) in [7, 11) is 4.32. The first-order valence-electron chi connectivity index (χ1n) is 8.59. The highest BCUT2D eigenvalue weighted by atomic mass is 16.5. The van der Waals surface area contributed by atoms with Crippen LogP contribution in [-0.2, 0) is 19.7 Å². The number of hydrogen-bond acceptors (Lipinski definition) is 6. The fraction of sp³-hybridized carbons (Fsp3) is 0.500. The molecule has 1 amide bonds. The second kappa shape index (κ2) is 7.83. The van der Waals surface area contributed by atoms with Crippen molar-refractivity contribution < 1.29 is 29.3 Å². The fourth-order valence-electron chi connectivity index (χ4n) is 3.94. The van der Waals surface area contributed by atoms with Crippen LogP contribution in [-0.4, -0.2) is 66.6 Å². The number of rotatable bonds is 2. The van der Waals surface area contributed by atoms with Crippen LogP contribution in [0.1, 0.15) is 25.8 Å². The lowest BCUT2D eigenvalue weighted by Crippen LogP contribution is -2.45. The highest BCUT2D eigenvalue weighted by molar-refractivity contribution is 6.27. The van der Waals surface area contributed by atoms with Crippen molar-refractivity contribution in [3.8, 4) is 0 Å². The zero-order valence-corrected chi connectivity index (χ0v) is 15.9. The highest BCUT2D eigenvalue weighted by Gasteiger charge is 2.52. The number of anilines is 2. The van der Waals surface area contributed by atoms with Gasteiger partial charge in [-0.1, -0.05) is 6.92 Å². The monoisotopic (exact) mass is 379 g/mol. The third-order valence-electron chi connectivity index (χ3n) is 5.03. The molecule has 2 aliphatic heterocycles. The van der Waals surface area contributed by atoms with Crippen molar-refractivity contribution in [1.82, 2.24) is 4.90 Å². The average Bonchev–Trinajstić information content (AvgIpc) is 3.01. The summed E-state index contributed by atoms with van der Waals surface area (Å²) >= 11 is 0. The molecule has 1 fully saturated rings. The van der Waals surface area contributed by atoms with Crippen molar-refractivity contribution in [3.63, 3.8) is 0 Å². The molecule has 0 aromatic heterocycles. The van der Waals surface area contributed by atoms with Gasteiger partial charge in [0.25, 0.3) is 0 Å². The van der Waals surface area contributed by atoms with Crippen LogP contribution in [0.2, 0.25) is 0 Å². The fourth-order valence-corrected chi connectivity index (χ4v) is 3.94. The van der Waals surface area contributed by atoms with Crippen LogP contribution in [0.25, 0.3) is 0 Å². The van der Waals surface area contributed by atoms with Gasteiger partial charge in [-0.2, -0.15) is 0 Å².